The third kappa shape index (κ3) is 2.13. The summed E-state index contributed by atoms with van der Waals surface area (Å²) in [5.74, 6) is -1.93. The molecule has 4 rings (SSSR count). The maximum absolute atomic E-state index is 12.8. The van der Waals surface area contributed by atoms with Gasteiger partial charge in [-0.3, -0.25) is 19.4 Å². The fourth-order valence-corrected chi connectivity index (χ4v) is 3.77. The highest BCUT2D eigenvalue weighted by Crippen LogP contribution is 2.45. The summed E-state index contributed by atoms with van der Waals surface area (Å²) < 4.78 is 1.51. The number of imide groups is 1. The topological polar surface area (TPSA) is 103 Å². The van der Waals surface area contributed by atoms with Crippen LogP contribution in [0.1, 0.15) is 20.7 Å². The maximum atomic E-state index is 12.8. The van der Waals surface area contributed by atoms with E-state index >= 15 is 0 Å². The van der Waals surface area contributed by atoms with Gasteiger partial charge >= 0.3 is 5.56 Å². The van der Waals surface area contributed by atoms with Gasteiger partial charge in [0.2, 0.25) is 12.3 Å². The molecule has 1 aliphatic rings. The summed E-state index contributed by atoms with van der Waals surface area (Å²) in [5.41, 5.74) is -0.506. The lowest BCUT2D eigenvalue weighted by atomic mass is 10.1. The van der Waals surface area contributed by atoms with E-state index in [1.165, 1.54) is 10.9 Å². The SMILES string of the molecule is C[n+]1c[nH]c2nc(N3C(=O)c4c(Cl)c(Cl)c(Cl)c(Cl)c4C3=O)[nH]c(=O)c21. The largest absolute Gasteiger partial charge is 0.304 e. The Labute approximate surface area is 164 Å². The van der Waals surface area contributed by atoms with Crippen LogP contribution in [0.4, 0.5) is 5.95 Å². The number of anilines is 1. The molecule has 0 saturated heterocycles. The Hall–Kier alpha value is -2.13. The number of hydrogen-bond acceptors (Lipinski definition) is 4. The van der Waals surface area contributed by atoms with Crippen molar-refractivity contribution in [3.05, 3.63) is 47.9 Å². The van der Waals surface area contributed by atoms with Crippen LogP contribution in [0, 0.1) is 0 Å². The Balaban J connectivity index is 1.97. The van der Waals surface area contributed by atoms with Gasteiger partial charge in [0.15, 0.2) is 0 Å². The normalized spacial score (nSPS) is 13.8. The molecule has 1 aliphatic heterocycles. The predicted molar refractivity (Wildman–Crippen MR) is 95.5 cm³/mol. The van der Waals surface area contributed by atoms with Gasteiger partial charge in [-0.15, -0.1) is 0 Å². The van der Waals surface area contributed by atoms with Gasteiger partial charge in [-0.05, 0) is 0 Å². The van der Waals surface area contributed by atoms with Crippen LogP contribution >= 0.6 is 46.4 Å². The average Bonchev–Trinajstić information content (AvgIpc) is 3.09. The van der Waals surface area contributed by atoms with E-state index in [9.17, 15) is 14.4 Å². The van der Waals surface area contributed by atoms with Crippen molar-refractivity contribution in [1.82, 2.24) is 15.0 Å². The number of aromatic amines is 2. The number of carbonyl (C=O) groups is 2. The molecule has 0 bridgehead atoms. The molecule has 0 fully saturated rings. The van der Waals surface area contributed by atoms with Gasteiger partial charge in [0.05, 0.1) is 38.3 Å². The molecule has 0 radical (unpaired) electrons. The molecule has 26 heavy (non-hydrogen) atoms. The first-order valence-corrected chi connectivity index (χ1v) is 8.47. The van der Waals surface area contributed by atoms with Crippen LogP contribution in [0.25, 0.3) is 11.2 Å². The van der Waals surface area contributed by atoms with Crippen molar-refractivity contribution in [3.8, 4) is 0 Å². The fourth-order valence-electron chi connectivity index (χ4n) is 2.75. The molecule has 3 heterocycles. The second-order valence-corrected chi connectivity index (χ2v) is 6.93. The Kier molecular flexibility index (Phi) is 3.78. The number of rotatable bonds is 1. The Bertz CT molecular complexity index is 1170. The third-order valence-electron chi connectivity index (χ3n) is 3.94. The molecule has 2 amide bonds. The summed E-state index contributed by atoms with van der Waals surface area (Å²) in [7, 11) is 1.64. The van der Waals surface area contributed by atoms with Crippen LogP contribution in [0.3, 0.4) is 0 Å². The van der Waals surface area contributed by atoms with Crippen molar-refractivity contribution in [2.24, 2.45) is 7.05 Å². The monoisotopic (exact) mass is 432 g/mol. The molecule has 12 heteroatoms. The molecule has 2 N–H and O–H groups in total. The molecular weight excluding hydrogens is 428 g/mol. The van der Waals surface area contributed by atoms with Crippen LogP contribution in [0.5, 0.6) is 0 Å². The first kappa shape index (κ1) is 17.3. The quantitative estimate of drug-likeness (QED) is 0.266. The van der Waals surface area contributed by atoms with E-state index in [1.807, 2.05) is 0 Å². The van der Waals surface area contributed by atoms with Crippen LogP contribution in [-0.4, -0.2) is 26.8 Å². The minimum Gasteiger partial charge on any atom is -0.288 e. The number of carbonyl (C=O) groups excluding carboxylic acids is 2. The number of benzene rings is 1. The average molecular weight is 434 g/mol. The zero-order chi connectivity index (χ0) is 18.9. The van der Waals surface area contributed by atoms with Crippen molar-refractivity contribution >= 4 is 75.3 Å². The zero-order valence-electron chi connectivity index (χ0n) is 12.7. The molecule has 0 saturated carbocycles. The highest BCUT2D eigenvalue weighted by atomic mass is 35.5. The molecule has 0 aliphatic carbocycles. The minimum atomic E-state index is -0.825. The third-order valence-corrected chi connectivity index (χ3v) is 5.74. The Morgan fingerprint density at radius 2 is 1.50 bits per heavy atom. The van der Waals surface area contributed by atoms with E-state index in [0.29, 0.717) is 4.90 Å². The van der Waals surface area contributed by atoms with E-state index in [1.54, 1.807) is 7.05 Å². The van der Waals surface area contributed by atoms with Gasteiger partial charge in [0.25, 0.3) is 23.0 Å². The van der Waals surface area contributed by atoms with E-state index in [-0.39, 0.29) is 48.3 Å². The van der Waals surface area contributed by atoms with Crippen LogP contribution < -0.4 is 15.0 Å². The van der Waals surface area contributed by atoms with Gasteiger partial charge in [-0.2, -0.15) is 4.98 Å². The van der Waals surface area contributed by atoms with Gasteiger partial charge in [-0.25, -0.2) is 14.5 Å². The number of aromatic nitrogens is 4. The first-order chi connectivity index (χ1) is 12.2. The summed E-state index contributed by atoms with van der Waals surface area (Å²) in [4.78, 5) is 47.8. The second kappa shape index (κ2) is 5.68. The number of H-pyrrole nitrogens is 2. The summed E-state index contributed by atoms with van der Waals surface area (Å²) in [6.45, 7) is 0. The number of hydrogen-bond donors (Lipinski definition) is 2. The lowest BCUT2D eigenvalue weighted by molar-refractivity contribution is -0.645. The van der Waals surface area contributed by atoms with Gasteiger partial charge in [0.1, 0.15) is 0 Å². The molecule has 0 unspecified atom stereocenters. The predicted octanol–water partition coefficient (Wildman–Crippen LogP) is 2.49. The van der Waals surface area contributed by atoms with Crippen LogP contribution in [0.15, 0.2) is 11.1 Å². The molecule has 3 aromatic rings. The lowest BCUT2D eigenvalue weighted by Crippen LogP contribution is -2.35. The molecule has 0 spiro atoms. The fraction of sp³-hybridized carbons (Fsp3) is 0.0714. The summed E-state index contributed by atoms with van der Waals surface area (Å²) in [6.07, 6.45) is 1.51. The van der Waals surface area contributed by atoms with E-state index in [4.69, 9.17) is 46.4 Å². The van der Waals surface area contributed by atoms with Crippen molar-refractivity contribution in [1.29, 1.82) is 0 Å². The molecular formula is C14H6Cl4N5O3+. The number of imidazole rings is 1. The van der Waals surface area contributed by atoms with Crippen LogP contribution in [0.2, 0.25) is 20.1 Å². The van der Waals surface area contributed by atoms with Crippen molar-refractivity contribution in [2.75, 3.05) is 4.90 Å². The number of nitrogens with zero attached hydrogens (tertiary/aromatic N) is 3. The smallest absolute Gasteiger partial charge is 0.288 e. The van der Waals surface area contributed by atoms with Gasteiger partial charge in [0, 0.05) is 0 Å². The molecule has 0 atom stereocenters. The number of nitrogens with one attached hydrogen (secondary N) is 2. The summed E-state index contributed by atoms with van der Waals surface area (Å²) >= 11 is 24.1. The number of halogens is 4. The van der Waals surface area contributed by atoms with Crippen molar-refractivity contribution in [3.63, 3.8) is 0 Å². The second-order valence-electron chi connectivity index (χ2n) is 5.42. The van der Waals surface area contributed by atoms with E-state index < -0.39 is 17.4 Å². The summed E-state index contributed by atoms with van der Waals surface area (Å²) in [6, 6.07) is 0. The number of amides is 2. The zero-order valence-corrected chi connectivity index (χ0v) is 15.7. The first-order valence-electron chi connectivity index (χ1n) is 6.95. The van der Waals surface area contributed by atoms with Gasteiger partial charge < -0.3 is 0 Å². The maximum Gasteiger partial charge on any atom is 0.304 e. The van der Waals surface area contributed by atoms with Crippen molar-refractivity contribution in [2.45, 2.75) is 0 Å². The number of aryl methyl sites for hydroxylation is 1. The Morgan fingerprint density at radius 3 is 2.04 bits per heavy atom. The highest BCUT2D eigenvalue weighted by Gasteiger charge is 2.44. The Morgan fingerprint density at radius 1 is 0.962 bits per heavy atom. The molecule has 1 aromatic carbocycles. The standard InChI is InChI=1S/C14H5Cl4N5O3/c1-22-2-19-10-9(22)11(24)21-14(20-10)23-12(25)3-4(13(23)26)6(16)8(18)7(17)5(3)15/h2H,1H3,(H,20,21,24)/p+1. The molecule has 132 valence electrons. The molecule has 2 aromatic heterocycles. The highest BCUT2D eigenvalue weighted by molar-refractivity contribution is 6.56. The minimum absolute atomic E-state index is 0.145. The summed E-state index contributed by atoms with van der Waals surface area (Å²) in [5, 5.41) is -0.694. The van der Waals surface area contributed by atoms with Crippen molar-refractivity contribution < 1.29 is 14.2 Å². The van der Waals surface area contributed by atoms with Gasteiger partial charge in [-0.1, -0.05) is 46.4 Å². The molecule has 8 nitrogen and oxygen atoms in total. The van der Waals surface area contributed by atoms with E-state index in [0.717, 1.165) is 0 Å². The number of fused-ring (bicyclic) bond motifs is 2. The van der Waals surface area contributed by atoms with Crippen LogP contribution in [-0.2, 0) is 7.05 Å². The lowest BCUT2D eigenvalue weighted by Gasteiger charge is -2.11. The van der Waals surface area contributed by atoms with E-state index in [2.05, 4.69) is 15.0 Å².